The number of nitrogens with two attached hydrogens (primary N) is 1. The predicted molar refractivity (Wildman–Crippen MR) is 82.4 cm³/mol. The van der Waals surface area contributed by atoms with Crippen molar-refractivity contribution in [3.8, 4) is 0 Å². The van der Waals surface area contributed by atoms with Crippen molar-refractivity contribution in [2.45, 2.75) is 19.9 Å². The van der Waals surface area contributed by atoms with Gasteiger partial charge < -0.3 is 21.1 Å². The number of halogens is 1. The van der Waals surface area contributed by atoms with E-state index in [9.17, 15) is 14.4 Å². The molecule has 0 aliphatic heterocycles. The van der Waals surface area contributed by atoms with Crippen LogP contribution in [0.15, 0.2) is 18.2 Å². The zero-order valence-corrected chi connectivity index (χ0v) is 13.1. The molecule has 0 saturated carbocycles. The van der Waals surface area contributed by atoms with Gasteiger partial charge in [0.25, 0.3) is 5.91 Å². The Balaban J connectivity index is 2.48. The number of benzene rings is 1. The third-order valence-corrected chi connectivity index (χ3v) is 3.03. The number of hydrogen-bond donors (Lipinski definition) is 3. The number of likely N-dealkylation sites (N-methyl/N-ethyl adjacent to an activating group) is 1. The van der Waals surface area contributed by atoms with Crippen LogP contribution in [-0.2, 0) is 14.3 Å². The molecule has 22 heavy (non-hydrogen) atoms. The van der Waals surface area contributed by atoms with Crippen LogP contribution in [0.3, 0.4) is 0 Å². The van der Waals surface area contributed by atoms with E-state index in [1.54, 1.807) is 6.92 Å². The van der Waals surface area contributed by atoms with Gasteiger partial charge in [-0.3, -0.25) is 9.59 Å². The van der Waals surface area contributed by atoms with Gasteiger partial charge in [-0.1, -0.05) is 11.6 Å². The standard InChI is InChI=1S/C14H18ClN3O4/c1-3-17-13(20)8(2)18-12(19)7-22-14(21)9-4-5-10(15)11(16)6-9/h4-6,8H,3,7,16H2,1-2H3,(H,17,20)(H,18,19)/t8-/m0/s1. The Hall–Kier alpha value is -2.28. The molecule has 0 unspecified atom stereocenters. The first kappa shape index (κ1) is 17.8. The molecule has 2 amide bonds. The summed E-state index contributed by atoms with van der Waals surface area (Å²) < 4.78 is 4.84. The van der Waals surface area contributed by atoms with E-state index in [0.717, 1.165) is 0 Å². The van der Waals surface area contributed by atoms with E-state index in [4.69, 9.17) is 22.1 Å². The number of ether oxygens (including phenoxy) is 1. The van der Waals surface area contributed by atoms with E-state index in [-0.39, 0.29) is 17.2 Å². The minimum Gasteiger partial charge on any atom is -0.452 e. The van der Waals surface area contributed by atoms with Crippen LogP contribution in [-0.4, -0.2) is 37.0 Å². The molecular formula is C14H18ClN3O4. The molecule has 0 aliphatic rings. The molecule has 1 aromatic rings. The van der Waals surface area contributed by atoms with Crippen molar-refractivity contribution in [3.63, 3.8) is 0 Å². The van der Waals surface area contributed by atoms with Gasteiger partial charge >= 0.3 is 5.97 Å². The average molecular weight is 328 g/mol. The molecule has 0 aliphatic carbocycles. The second-order valence-corrected chi connectivity index (χ2v) is 4.90. The summed E-state index contributed by atoms with van der Waals surface area (Å²) in [7, 11) is 0. The van der Waals surface area contributed by atoms with Crippen LogP contribution in [0, 0.1) is 0 Å². The topological polar surface area (TPSA) is 111 Å². The predicted octanol–water partition coefficient (Wildman–Crippen LogP) is 0.720. The Kier molecular flexibility index (Phi) is 6.65. The Morgan fingerprint density at radius 1 is 1.36 bits per heavy atom. The van der Waals surface area contributed by atoms with E-state index < -0.39 is 24.5 Å². The van der Waals surface area contributed by atoms with Crippen molar-refractivity contribution in [1.29, 1.82) is 0 Å². The highest BCUT2D eigenvalue weighted by Crippen LogP contribution is 2.19. The van der Waals surface area contributed by atoms with Gasteiger partial charge in [0.2, 0.25) is 5.91 Å². The third-order valence-electron chi connectivity index (χ3n) is 2.69. The molecule has 0 spiro atoms. The number of carbonyl (C=O) groups excluding carboxylic acids is 3. The zero-order chi connectivity index (χ0) is 16.7. The van der Waals surface area contributed by atoms with Crippen LogP contribution in [0.4, 0.5) is 5.69 Å². The second-order valence-electron chi connectivity index (χ2n) is 4.50. The van der Waals surface area contributed by atoms with Gasteiger partial charge in [0.05, 0.1) is 16.3 Å². The van der Waals surface area contributed by atoms with Gasteiger partial charge in [-0.25, -0.2) is 4.79 Å². The molecule has 0 heterocycles. The summed E-state index contributed by atoms with van der Waals surface area (Å²) in [6.07, 6.45) is 0. The number of nitrogens with one attached hydrogen (secondary N) is 2. The number of esters is 1. The molecule has 0 bridgehead atoms. The highest BCUT2D eigenvalue weighted by Gasteiger charge is 2.16. The molecular weight excluding hydrogens is 310 g/mol. The fourth-order valence-electron chi connectivity index (χ4n) is 1.56. The third kappa shape index (κ3) is 5.25. The van der Waals surface area contributed by atoms with Crippen molar-refractivity contribution < 1.29 is 19.1 Å². The molecule has 0 fully saturated rings. The minimum absolute atomic E-state index is 0.187. The van der Waals surface area contributed by atoms with Crippen LogP contribution in [0.25, 0.3) is 0 Å². The van der Waals surface area contributed by atoms with Gasteiger partial charge in [-0.2, -0.15) is 0 Å². The van der Waals surface area contributed by atoms with E-state index in [1.165, 1.54) is 25.1 Å². The molecule has 1 rings (SSSR count). The maximum Gasteiger partial charge on any atom is 0.338 e. The first-order valence-electron chi connectivity index (χ1n) is 6.64. The van der Waals surface area contributed by atoms with Crippen LogP contribution < -0.4 is 16.4 Å². The first-order chi connectivity index (χ1) is 10.3. The quantitative estimate of drug-likeness (QED) is 0.526. The summed E-state index contributed by atoms with van der Waals surface area (Å²) in [4.78, 5) is 34.8. The minimum atomic E-state index is -0.711. The first-order valence-corrected chi connectivity index (χ1v) is 7.02. The van der Waals surface area contributed by atoms with E-state index in [0.29, 0.717) is 11.6 Å². The summed E-state index contributed by atoms with van der Waals surface area (Å²) in [5.74, 6) is -1.59. The van der Waals surface area contributed by atoms with Crippen LogP contribution in [0.5, 0.6) is 0 Å². The zero-order valence-electron chi connectivity index (χ0n) is 12.3. The fraction of sp³-hybridized carbons (Fsp3) is 0.357. The lowest BCUT2D eigenvalue weighted by Crippen LogP contribution is -2.46. The Labute approximate surface area is 133 Å². The maximum atomic E-state index is 11.8. The van der Waals surface area contributed by atoms with Crippen molar-refractivity contribution in [2.75, 3.05) is 18.9 Å². The number of rotatable bonds is 6. The van der Waals surface area contributed by atoms with Crippen LogP contribution in [0.1, 0.15) is 24.2 Å². The Bertz CT molecular complexity index is 577. The summed E-state index contributed by atoms with van der Waals surface area (Å²) in [6, 6.07) is 3.55. The van der Waals surface area contributed by atoms with Crippen LogP contribution >= 0.6 is 11.6 Å². The molecule has 7 nitrogen and oxygen atoms in total. The average Bonchev–Trinajstić information content (AvgIpc) is 2.47. The molecule has 1 atom stereocenters. The lowest BCUT2D eigenvalue weighted by atomic mass is 10.2. The van der Waals surface area contributed by atoms with E-state index >= 15 is 0 Å². The van der Waals surface area contributed by atoms with Crippen molar-refractivity contribution in [3.05, 3.63) is 28.8 Å². The normalized spacial score (nSPS) is 11.4. The van der Waals surface area contributed by atoms with Crippen molar-refractivity contribution in [1.82, 2.24) is 10.6 Å². The molecule has 0 saturated heterocycles. The molecule has 8 heteroatoms. The molecule has 120 valence electrons. The number of anilines is 1. The van der Waals surface area contributed by atoms with E-state index in [1.807, 2.05) is 0 Å². The maximum absolute atomic E-state index is 11.8. The van der Waals surface area contributed by atoms with Gasteiger partial charge in [0.15, 0.2) is 6.61 Å². The monoisotopic (exact) mass is 327 g/mol. The molecule has 0 radical (unpaired) electrons. The summed E-state index contributed by atoms with van der Waals surface area (Å²) in [5.41, 5.74) is 6.01. The van der Waals surface area contributed by atoms with Gasteiger partial charge in [-0.05, 0) is 32.0 Å². The largest absolute Gasteiger partial charge is 0.452 e. The number of hydrogen-bond acceptors (Lipinski definition) is 5. The van der Waals surface area contributed by atoms with Crippen molar-refractivity contribution in [2.24, 2.45) is 0 Å². The van der Waals surface area contributed by atoms with Gasteiger partial charge in [0, 0.05) is 6.54 Å². The highest BCUT2D eigenvalue weighted by molar-refractivity contribution is 6.33. The number of carbonyl (C=O) groups is 3. The fourth-order valence-corrected chi connectivity index (χ4v) is 1.68. The van der Waals surface area contributed by atoms with Gasteiger partial charge in [0.1, 0.15) is 6.04 Å². The lowest BCUT2D eigenvalue weighted by molar-refractivity contribution is -0.130. The summed E-state index contributed by atoms with van der Waals surface area (Å²) in [5, 5.41) is 5.31. The summed E-state index contributed by atoms with van der Waals surface area (Å²) >= 11 is 5.75. The van der Waals surface area contributed by atoms with Crippen LogP contribution in [0.2, 0.25) is 5.02 Å². The Morgan fingerprint density at radius 3 is 2.64 bits per heavy atom. The second kappa shape index (κ2) is 8.23. The van der Waals surface area contributed by atoms with Gasteiger partial charge in [-0.15, -0.1) is 0 Å². The SMILES string of the molecule is CCNC(=O)[C@H](C)NC(=O)COC(=O)c1ccc(Cl)c(N)c1. The smallest absolute Gasteiger partial charge is 0.338 e. The number of nitrogen functional groups attached to an aromatic ring is 1. The Morgan fingerprint density at radius 2 is 2.05 bits per heavy atom. The van der Waals surface area contributed by atoms with Crippen molar-refractivity contribution >= 4 is 35.1 Å². The summed E-state index contributed by atoms with van der Waals surface area (Å²) in [6.45, 7) is 3.27. The van der Waals surface area contributed by atoms with E-state index in [2.05, 4.69) is 10.6 Å². The molecule has 0 aromatic heterocycles. The number of amides is 2. The molecule has 4 N–H and O–H groups in total. The lowest BCUT2D eigenvalue weighted by Gasteiger charge is -2.13. The highest BCUT2D eigenvalue weighted by atomic mass is 35.5. The molecule has 1 aromatic carbocycles.